The smallest absolute Gasteiger partial charge is 0.136 e. The van der Waals surface area contributed by atoms with Crippen LogP contribution in [0.4, 0.5) is 0 Å². The van der Waals surface area contributed by atoms with E-state index in [1.807, 2.05) is 20.8 Å². The van der Waals surface area contributed by atoms with Crippen LogP contribution in [0.5, 0.6) is 0 Å². The Morgan fingerprint density at radius 3 is 2.31 bits per heavy atom. The van der Waals surface area contributed by atoms with E-state index < -0.39 is 11.4 Å². The molecule has 0 radical (unpaired) electrons. The van der Waals surface area contributed by atoms with Crippen LogP contribution >= 0.6 is 0 Å². The van der Waals surface area contributed by atoms with Crippen LogP contribution in [0.2, 0.25) is 0 Å². The molecule has 1 heterocycles. The summed E-state index contributed by atoms with van der Waals surface area (Å²) in [5.41, 5.74) is 0. The van der Waals surface area contributed by atoms with Crippen molar-refractivity contribution in [1.29, 1.82) is 0 Å². The van der Waals surface area contributed by atoms with Gasteiger partial charge in [-0.3, -0.25) is 0 Å². The summed E-state index contributed by atoms with van der Waals surface area (Å²) in [5, 5.41) is 3.22. The van der Waals surface area contributed by atoms with E-state index in [0.29, 0.717) is 12.0 Å². The second-order valence-corrected chi connectivity index (χ2v) is 6.70. The van der Waals surface area contributed by atoms with Crippen molar-refractivity contribution in [3.8, 4) is 0 Å². The molecule has 1 saturated heterocycles. The van der Waals surface area contributed by atoms with Crippen LogP contribution in [0.1, 0.15) is 27.7 Å². The first-order chi connectivity index (χ1) is 5.91. The van der Waals surface area contributed by atoms with Crippen molar-refractivity contribution in [2.75, 3.05) is 13.1 Å². The lowest BCUT2D eigenvalue weighted by atomic mass is 9.96. The monoisotopic (exact) mass is 204 g/mol. The van der Waals surface area contributed by atoms with Gasteiger partial charge >= 0.3 is 0 Å². The molecule has 1 aliphatic heterocycles. The summed E-state index contributed by atoms with van der Waals surface area (Å²) >= 11 is -0.933. The van der Waals surface area contributed by atoms with E-state index in [9.17, 15) is 4.55 Å². The minimum atomic E-state index is -0.933. The molecule has 4 heteroatoms. The lowest BCUT2D eigenvalue weighted by Crippen LogP contribution is -2.55. The van der Waals surface area contributed by atoms with Crippen LogP contribution in [0, 0.1) is 5.92 Å². The van der Waals surface area contributed by atoms with Crippen molar-refractivity contribution < 1.29 is 4.55 Å². The average molecular weight is 204 g/mol. The molecular formula is C9H20N2OS. The van der Waals surface area contributed by atoms with Gasteiger partial charge in [0.15, 0.2) is 0 Å². The average Bonchev–Trinajstić information content (AvgIpc) is 1.79. The molecule has 3 nitrogen and oxygen atoms in total. The Bertz CT molecular complexity index is 165. The maximum atomic E-state index is 11.7. The van der Waals surface area contributed by atoms with Gasteiger partial charge in [-0.15, -0.1) is 4.72 Å². The normalized spacial score (nSPS) is 23.8. The van der Waals surface area contributed by atoms with Gasteiger partial charge in [0.05, 0.1) is 6.04 Å². The Morgan fingerprint density at radius 1 is 1.46 bits per heavy atom. The van der Waals surface area contributed by atoms with Crippen molar-refractivity contribution in [2.24, 2.45) is 5.92 Å². The summed E-state index contributed by atoms with van der Waals surface area (Å²) in [5.74, 6) is 0.645. The van der Waals surface area contributed by atoms with E-state index in [1.54, 1.807) is 0 Å². The van der Waals surface area contributed by atoms with Gasteiger partial charge in [0.1, 0.15) is 4.75 Å². The standard InChI is InChI=1S/C9H20N2OS/c1-7(8-5-10-6-8)11-13(12)9(2,3)4/h7-8,10-11H,5-6H2,1-4H3. The molecule has 0 amide bonds. The van der Waals surface area contributed by atoms with Crippen LogP contribution in [-0.2, 0) is 11.4 Å². The molecule has 0 aromatic rings. The Hall–Kier alpha value is 0.230. The highest BCUT2D eigenvalue weighted by molar-refractivity contribution is 7.90. The van der Waals surface area contributed by atoms with Gasteiger partial charge in [-0.1, -0.05) is 0 Å². The lowest BCUT2D eigenvalue weighted by molar-refractivity contribution is 0.288. The summed E-state index contributed by atoms with van der Waals surface area (Å²) in [6, 6.07) is 0.348. The highest BCUT2D eigenvalue weighted by Gasteiger charge is 2.32. The van der Waals surface area contributed by atoms with Crippen molar-refractivity contribution in [2.45, 2.75) is 38.5 Å². The molecule has 0 aromatic carbocycles. The summed E-state index contributed by atoms with van der Waals surface area (Å²) in [6.07, 6.45) is 0. The predicted octanol–water partition coefficient (Wildman–Crippen LogP) is 0.646. The molecule has 2 atom stereocenters. The van der Waals surface area contributed by atoms with Gasteiger partial charge in [-0.2, -0.15) is 0 Å². The highest BCUT2D eigenvalue weighted by atomic mass is 32.2. The Morgan fingerprint density at radius 2 is 2.00 bits per heavy atom. The Labute approximate surface area is 84.0 Å². The molecule has 2 N–H and O–H groups in total. The number of nitrogens with one attached hydrogen (secondary N) is 2. The molecule has 1 aliphatic rings. The van der Waals surface area contributed by atoms with E-state index in [1.165, 1.54) is 0 Å². The molecule has 0 aliphatic carbocycles. The minimum absolute atomic E-state index is 0.161. The highest BCUT2D eigenvalue weighted by Crippen LogP contribution is 2.16. The Balaban J connectivity index is 2.30. The summed E-state index contributed by atoms with van der Waals surface area (Å²) in [6.45, 7) is 10.2. The zero-order chi connectivity index (χ0) is 10.1. The predicted molar refractivity (Wildman–Crippen MR) is 56.9 cm³/mol. The van der Waals surface area contributed by atoms with Crippen molar-refractivity contribution in [3.05, 3.63) is 0 Å². The van der Waals surface area contributed by atoms with Crippen LogP contribution in [-0.4, -0.2) is 28.4 Å². The van der Waals surface area contributed by atoms with E-state index >= 15 is 0 Å². The van der Waals surface area contributed by atoms with Gasteiger partial charge in [-0.25, -0.2) is 0 Å². The molecular weight excluding hydrogens is 184 g/mol. The van der Waals surface area contributed by atoms with Gasteiger partial charge in [-0.05, 0) is 27.7 Å². The minimum Gasteiger partial charge on any atom is -0.598 e. The van der Waals surface area contributed by atoms with Gasteiger partial charge in [0, 0.05) is 30.4 Å². The van der Waals surface area contributed by atoms with Crippen molar-refractivity contribution in [3.63, 3.8) is 0 Å². The SMILES string of the molecule is CC(N[S+]([O-])C(C)(C)C)C1CNC1. The topological polar surface area (TPSA) is 47.1 Å². The molecule has 78 valence electrons. The van der Waals surface area contributed by atoms with E-state index in [-0.39, 0.29) is 4.75 Å². The third-order valence-corrected chi connectivity index (χ3v) is 4.07. The molecule has 2 unspecified atom stereocenters. The maximum absolute atomic E-state index is 11.7. The molecule has 1 fully saturated rings. The second-order valence-electron chi connectivity index (χ2n) is 4.71. The zero-order valence-electron chi connectivity index (χ0n) is 8.89. The third kappa shape index (κ3) is 3.13. The van der Waals surface area contributed by atoms with Crippen molar-refractivity contribution in [1.82, 2.24) is 10.0 Å². The van der Waals surface area contributed by atoms with Gasteiger partial charge < -0.3 is 9.87 Å². The first-order valence-electron chi connectivity index (χ1n) is 4.80. The fourth-order valence-corrected chi connectivity index (χ4v) is 1.99. The molecule has 0 spiro atoms. The fraction of sp³-hybridized carbons (Fsp3) is 1.00. The van der Waals surface area contributed by atoms with Crippen LogP contribution < -0.4 is 10.0 Å². The third-order valence-electron chi connectivity index (χ3n) is 2.37. The first-order valence-corrected chi connectivity index (χ1v) is 5.95. The largest absolute Gasteiger partial charge is 0.598 e. The number of hydrogen-bond acceptors (Lipinski definition) is 3. The molecule has 1 rings (SSSR count). The van der Waals surface area contributed by atoms with E-state index in [0.717, 1.165) is 13.1 Å². The van der Waals surface area contributed by atoms with Crippen LogP contribution in [0.25, 0.3) is 0 Å². The molecule has 0 aromatic heterocycles. The zero-order valence-corrected chi connectivity index (χ0v) is 9.70. The number of rotatable bonds is 3. The van der Waals surface area contributed by atoms with Crippen LogP contribution in [0.15, 0.2) is 0 Å². The summed E-state index contributed by atoms with van der Waals surface area (Å²) < 4.78 is 14.7. The van der Waals surface area contributed by atoms with E-state index in [2.05, 4.69) is 17.0 Å². The Kier molecular flexibility index (Phi) is 3.63. The summed E-state index contributed by atoms with van der Waals surface area (Å²) in [7, 11) is 0. The van der Waals surface area contributed by atoms with Gasteiger partial charge in [0.2, 0.25) is 0 Å². The first kappa shape index (κ1) is 11.3. The second kappa shape index (κ2) is 4.17. The summed E-state index contributed by atoms with van der Waals surface area (Å²) in [4.78, 5) is 0. The quantitative estimate of drug-likeness (QED) is 0.663. The lowest BCUT2D eigenvalue weighted by Gasteiger charge is -2.35. The van der Waals surface area contributed by atoms with Crippen molar-refractivity contribution >= 4 is 11.4 Å². The number of hydrogen-bond donors (Lipinski definition) is 2. The van der Waals surface area contributed by atoms with E-state index in [4.69, 9.17) is 0 Å². The molecule has 0 saturated carbocycles. The maximum Gasteiger partial charge on any atom is 0.136 e. The fourth-order valence-electron chi connectivity index (χ4n) is 1.11. The van der Waals surface area contributed by atoms with Crippen LogP contribution in [0.3, 0.4) is 0 Å². The molecule has 0 bridgehead atoms. The van der Waals surface area contributed by atoms with Gasteiger partial charge in [0.25, 0.3) is 0 Å². The molecule has 13 heavy (non-hydrogen) atoms.